The van der Waals surface area contributed by atoms with E-state index in [1.165, 1.54) is 0 Å². The summed E-state index contributed by atoms with van der Waals surface area (Å²) < 4.78 is 0. The van der Waals surface area contributed by atoms with Crippen LogP contribution in [0.5, 0.6) is 0 Å². The van der Waals surface area contributed by atoms with E-state index in [-0.39, 0.29) is 29.9 Å². The molecule has 2 aliphatic heterocycles. The maximum atomic E-state index is 12.4. The van der Waals surface area contributed by atoms with E-state index in [4.69, 9.17) is 5.73 Å². The summed E-state index contributed by atoms with van der Waals surface area (Å²) in [7, 11) is 0. The third-order valence-electron chi connectivity index (χ3n) is 3.85. The predicted molar refractivity (Wildman–Crippen MR) is 64.2 cm³/mol. The van der Waals surface area contributed by atoms with E-state index in [0.29, 0.717) is 19.4 Å². The number of nitrogens with one attached hydrogen (secondary N) is 1. The molecule has 0 spiro atoms. The fraction of sp³-hybridized carbons (Fsp3) is 0.833. The zero-order valence-electron chi connectivity index (χ0n) is 10.3. The lowest BCUT2D eigenvalue weighted by Crippen LogP contribution is -2.56. The van der Waals surface area contributed by atoms with Crippen LogP contribution in [0.3, 0.4) is 0 Å². The van der Waals surface area contributed by atoms with Crippen LogP contribution in [0.1, 0.15) is 39.0 Å². The number of carbonyl (C=O) groups is 2. The Morgan fingerprint density at radius 2 is 2.24 bits per heavy atom. The molecule has 5 heteroatoms. The minimum absolute atomic E-state index is 0.0164. The van der Waals surface area contributed by atoms with Gasteiger partial charge in [-0.05, 0) is 32.6 Å². The third kappa shape index (κ3) is 2.44. The van der Waals surface area contributed by atoms with E-state index in [9.17, 15) is 9.59 Å². The van der Waals surface area contributed by atoms with Crippen molar-refractivity contribution in [2.75, 3.05) is 6.54 Å². The summed E-state index contributed by atoms with van der Waals surface area (Å²) >= 11 is 0. The molecule has 2 rings (SSSR count). The largest absolute Gasteiger partial charge is 0.344 e. The van der Waals surface area contributed by atoms with Crippen molar-refractivity contribution < 1.29 is 9.59 Å². The highest BCUT2D eigenvalue weighted by molar-refractivity contribution is 5.91. The van der Waals surface area contributed by atoms with Gasteiger partial charge in [0.25, 0.3) is 0 Å². The smallest absolute Gasteiger partial charge is 0.245 e. The van der Waals surface area contributed by atoms with Crippen molar-refractivity contribution in [2.45, 2.75) is 57.2 Å². The normalized spacial score (nSPS) is 33.6. The van der Waals surface area contributed by atoms with Gasteiger partial charge in [-0.15, -0.1) is 0 Å². The average Bonchev–Trinajstić information content (AvgIpc) is 2.74. The van der Waals surface area contributed by atoms with Crippen molar-refractivity contribution in [3.63, 3.8) is 0 Å². The lowest BCUT2D eigenvalue weighted by atomic mass is 9.95. The van der Waals surface area contributed by atoms with Gasteiger partial charge in [-0.25, -0.2) is 0 Å². The molecule has 2 heterocycles. The fourth-order valence-electron chi connectivity index (χ4n) is 2.89. The molecule has 0 bridgehead atoms. The molecule has 0 aromatic carbocycles. The maximum absolute atomic E-state index is 12.4. The number of nitrogens with zero attached hydrogens (tertiary/aromatic N) is 1. The monoisotopic (exact) mass is 239 g/mol. The quantitative estimate of drug-likeness (QED) is 0.712. The Kier molecular flexibility index (Phi) is 3.66. The van der Waals surface area contributed by atoms with Crippen LogP contribution in [-0.2, 0) is 9.59 Å². The minimum Gasteiger partial charge on any atom is -0.344 e. The molecule has 2 unspecified atom stereocenters. The average molecular weight is 239 g/mol. The second-order valence-corrected chi connectivity index (χ2v) is 5.07. The standard InChI is InChI=1S/C12H21N3O2/c1-8-3-2-4-9(7-13)15(8)12(17)10-5-6-11(16)14-10/h8-10H,2-7,13H2,1H3,(H,14,16)/t8?,9?,10-/m0/s1. The zero-order chi connectivity index (χ0) is 12.4. The molecule has 0 aromatic heterocycles. The highest BCUT2D eigenvalue weighted by Crippen LogP contribution is 2.24. The predicted octanol–water partition coefficient (Wildman–Crippen LogP) is -0.00670. The van der Waals surface area contributed by atoms with Crippen LogP contribution in [0, 0.1) is 0 Å². The molecule has 96 valence electrons. The van der Waals surface area contributed by atoms with E-state index >= 15 is 0 Å². The summed E-state index contributed by atoms with van der Waals surface area (Å²) in [4.78, 5) is 25.5. The molecule has 0 aliphatic carbocycles. The van der Waals surface area contributed by atoms with Crippen LogP contribution in [-0.4, -0.2) is 41.4 Å². The van der Waals surface area contributed by atoms with E-state index in [1.807, 2.05) is 4.90 Å². The first-order valence-electron chi connectivity index (χ1n) is 6.45. The summed E-state index contributed by atoms with van der Waals surface area (Å²) in [5.74, 6) is 0.0378. The number of hydrogen-bond donors (Lipinski definition) is 2. The van der Waals surface area contributed by atoms with E-state index in [2.05, 4.69) is 12.2 Å². The van der Waals surface area contributed by atoms with E-state index in [1.54, 1.807) is 0 Å². The molecular weight excluding hydrogens is 218 g/mol. The molecule has 0 radical (unpaired) electrons. The first kappa shape index (κ1) is 12.4. The molecular formula is C12H21N3O2. The van der Waals surface area contributed by atoms with Crippen molar-refractivity contribution in [1.82, 2.24) is 10.2 Å². The Bertz CT molecular complexity index is 319. The number of carbonyl (C=O) groups excluding carboxylic acids is 2. The van der Waals surface area contributed by atoms with Crippen LogP contribution in [0.4, 0.5) is 0 Å². The van der Waals surface area contributed by atoms with E-state index in [0.717, 1.165) is 19.3 Å². The van der Waals surface area contributed by atoms with Gasteiger partial charge >= 0.3 is 0 Å². The number of amides is 2. The number of piperidine rings is 1. The Balaban J connectivity index is 2.07. The van der Waals surface area contributed by atoms with Crippen LogP contribution in [0.15, 0.2) is 0 Å². The van der Waals surface area contributed by atoms with Crippen LogP contribution in [0.25, 0.3) is 0 Å². The van der Waals surface area contributed by atoms with Gasteiger partial charge in [-0.2, -0.15) is 0 Å². The highest BCUT2D eigenvalue weighted by atomic mass is 16.2. The molecule has 2 fully saturated rings. The van der Waals surface area contributed by atoms with Gasteiger partial charge in [-0.3, -0.25) is 9.59 Å². The molecule has 2 aliphatic rings. The number of nitrogens with two attached hydrogens (primary N) is 1. The van der Waals surface area contributed by atoms with Gasteiger partial charge < -0.3 is 16.0 Å². The maximum Gasteiger partial charge on any atom is 0.245 e. The van der Waals surface area contributed by atoms with Gasteiger partial charge in [0, 0.05) is 25.0 Å². The van der Waals surface area contributed by atoms with Crippen LogP contribution < -0.4 is 11.1 Å². The third-order valence-corrected chi connectivity index (χ3v) is 3.85. The van der Waals surface area contributed by atoms with Crippen molar-refractivity contribution in [3.8, 4) is 0 Å². The minimum atomic E-state index is -0.322. The molecule has 2 amide bonds. The lowest BCUT2D eigenvalue weighted by Gasteiger charge is -2.41. The zero-order valence-corrected chi connectivity index (χ0v) is 10.3. The van der Waals surface area contributed by atoms with Crippen molar-refractivity contribution in [3.05, 3.63) is 0 Å². The van der Waals surface area contributed by atoms with Gasteiger partial charge in [0.2, 0.25) is 11.8 Å². The Morgan fingerprint density at radius 3 is 2.82 bits per heavy atom. The van der Waals surface area contributed by atoms with Gasteiger partial charge in [-0.1, -0.05) is 0 Å². The fourth-order valence-corrected chi connectivity index (χ4v) is 2.89. The van der Waals surface area contributed by atoms with Crippen LogP contribution >= 0.6 is 0 Å². The molecule has 3 N–H and O–H groups in total. The van der Waals surface area contributed by atoms with Crippen LogP contribution in [0.2, 0.25) is 0 Å². The second-order valence-electron chi connectivity index (χ2n) is 5.07. The highest BCUT2D eigenvalue weighted by Gasteiger charge is 2.37. The molecule has 0 saturated carbocycles. The first-order chi connectivity index (χ1) is 8.13. The number of rotatable bonds is 2. The molecule has 0 aromatic rings. The lowest BCUT2D eigenvalue weighted by molar-refractivity contribution is -0.140. The summed E-state index contributed by atoms with van der Waals surface area (Å²) in [6, 6.07) is 0.0585. The second kappa shape index (κ2) is 5.04. The van der Waals surface area contributed by atoms with Crippen molar-refractivity contribution in [2.24, 2.45) is 5.73 Å². The van der Waals surface area contributed by atoms with Gasteiger partial charge in [0.05, 0.1) is 0 Å². The molecule has 2 saturated heterocycles. The summed E-state index contributed by atoms with van der Waals surface area (Å²) in [5, 5.41) is 2.75. The van der Waals surface area contributed by atoms with Crippen molar-refractivity contribution in [1.29, 1.82) is 0 Å². The molecule has 3 atom stereocenters. The summed E-state index contributed by atoms with van der Waals surface area (Å²) in [6.45, 7) is 2.58. The molecule has 5 nitrogen and oxygen atoms in total. The van der Waals surface area contributed by atoms with Crippen molar-refractivity contribution >= 4 is 11.8 Å². The number of likely N-dealkylation sites (tertiary alicyclic amines) is 1. The summed E-state index contributed by atoms with van der Waals surface area (Å²) in [5.41, 5.74) is 5.74. The Labute approximate surface area is 102 Å². The first-order valence-corrected chi connectivity index (χ1v) is 6.45. The molecule has 17 heavy (non-hydrogen) atoms. The Hall–Kier alpha value is -1.10. The number of hydrogen-bond acceptors (Lipinski definition) is 3. The van der Waals surface area contributed by atoms with Gasteiger partial charge in [0.15, 0.2) is 0 Å². The topological polar surface area (TPSA) is 75.4 Å². The SMILES string of the molecule is CC1CCCC(CN)N1C(=O)[C@@H]1CCC(=O)N1. The summed E-state index contributed by atoms with van der Waals surface area (Å²) in [6.07, 6.45) is 4.23. The Morgan fingerprint density at radius 1 is 1.47 bits per heavy atom. The van der Waals surface area contributed by atoms with Gasteiger partial charge in [0.1, 0.15) is 6.04 Å². The van der Waals surface area contributed by atoms with E-state index < -0.39 is 0 Å².